The first-order valence-corrected chi connectivity index (χ1v) is 6.41. The van der Waals surface area contributed by atoms with E-state index in [1.54, 1.807) is 18.3 Å². The minimum atomic E-state index is -1.43. The molecule has 0 aliphatic heterocycles. The third kappa shape index (κ3) is 2.98. The van der Waals surface area contributed by atoms with E-state index in [9.17, 15) is 14.4 Å². The summed E-state index contributed by atoms with van der Waals surface area (Å²) in [6.45, 7) is 0. The van der Waals surface area contributed by atoms with Gasteiger partial charge in [0.1, 0.15) is 11.7 Å². The molecule has 1 amide bonds. The van der Waals surface area contributed by atoms with Gasteiger partial charge in [-0.05, 0) is 31.4 Å². The Kier molecular flexibility index (Phi) is 4.07. The molecule has 0 saturated heterocycles. The fourth-order valence-corrected chi connectivity index (χ4v) is 2.18. The summed E-state index contributed by atoms with van der Waals surface area (Å²) < 4.78 is 1.82. The van der Waals surface area contributed by atoms with Crippen molar-refractivity contribution in [2.45, 2.75) is 37.8 Å². The molecule has 2 rings (SSSR count). The van der Waals surface area contributed by atoms with Gasteiger partial charge in [-0.2, -0.15) is 0 Å². The molecule has 1 aromatic rings. The molecule has 7 heteroatoms. The first-order chi connectivity index (χ1) is 9.49. The van der Waals surface area contributed by atoms with Gasteiger partial charge < -0.3 is 20.1 Å². The van der Waals surface area contributed by atoms with E-state index in [4.69, 9.17) is 10.2 Å². The zero-order chi connectivity index (χ0) is 14.7. The highest BCUT2D eigenvalue weighted by Gasteiger charge is 2.27. The molecular formula is C13H16N2O5. The Bertz CT molecular complexity index is 533. The lowest BCUT2D eigenvalue weighted by atomic mass is 9.93. The second-order valence-corrected chi connectivity index (χ2v) is 4.85. The average molecular weight is 280 g/mol. The number of carbonyl (C=O) groups is 3. The number of carbonyl (C=O) groups excluding carboxylic acids is 1. The summed E-state index contributed by atoms with van der Waals surface area (Å²) in [7, 11) is 0. The van der Waals surface area contributed by atoms with Gasteiger partial charge >= 0.3 is 11.9 Å². The van der Waals surface area contributed by atoms with Crippen molar-refractivity contribution in [1.82, 2.24) is 9.88 Å². The van der Waals surface area contributed by atoms with Crippen LogP contribution in [0.15, 0.2) is 18.3 Å². The summed E-state index contributed by atoms with van der Waals surface area (Å²) in [6.07, 6.45) is 4.23. The van der Waals surface area contributed by atoms with Crippen molar-refractivity contribution in [2.24, 2.45) is 0 Å². The van der Waals surface area contributed by atoms with E-state index in [0.717, 1.165) is 19.3 Å². The van der Waals surface area contributed by atoms with Crippen molar-refractivity contribution >= 4 is 17.8 Å². The number of carboxylic acid groups (broad SMARTS) is 2. The van der Waals surface area contributed by atoms with E-state index >= 15 is 0 Å². The van der Waals surface area contributed by atoms with Crippen LogP contribution in [0.1, 0.15) is 42.2 Å². The van der Waals surface area contributed by atoms with Crippen molar-refractivity contribution in [3.8, 4) is 0 Å². The van der Waals surface area contributed by atoms with Crippen LogP contribution in [0.5, 0.6) is 0 Å². The van der Waals surface area contributed by atoms with Gasteiger partial charge in [-0.1, -0.05) is 0 Å². The van der Waals surface area contributed by atoms with Crippen molar-refractivity contribution in [2.75, 3.05) is 0 Å². The van der Waals surface area contributed by atoms with Crippen LogP contribution in [-0.2, 0) is 9.59 Å². The fraction of sp³-hybridized carbons (Fsp3) is 0.462. The number of aliphatic carboxylic acids is 2. The van der Waals surface area contributed by atoms with E-state index in [0.29, 0.717) is 5.69 Å². The molecule has 108 valence electrons. The van der Waals surface area contributed by atoms with E-state index < -0.39 is 30.3 Å². The van der Waals surface area contributed by atoms with Crippen molar-refractivity contribution in [1.29, 1.82) is 0 Å². The minimum Gasteiger partial charge on any atom is -0.481 e. The van der Waals surface area contributed by atoms with E-state index in [-0.39, 0.29) is 6.04 Å². The maximum atomic E-state index is 12.1. The Morgan fingerprint density at radius 2 is 2.05 bits per heavy atom. The third-order valence-electron chi connectivity index (χ3n) is 3.46. The molecule has 0 unspecified atom stereocenters. The van der Waals surface area contributed by atoms with Crippen LogP contribution in [0.2, 0.25) is 0 Å². The van der Waals surface area contributed by atoms with E-state index in [1.165, 1.54) is 0 Å². The first-order valence-electron chi connectivity index (χ1n) is 6.41. The van der Waals surface area contributed by atoms with Crippen molar-refractivity contribution in [3.05, 3.63) is 24.0 Å². The lowest BCUT2D eigenvalue weighted by Gasteiger charge is -2.29. The van der Waals surface area contributed by atoms with Gasteiger partial charge in [0.15, 0.2) is 0 Å². The summed E-state index contributed by atoms with van der Waals surface area (Å²) in [6, 6.07) is 2.17. The smallest absolute Gasteiger partial charge is 0.326 e. The van der Waals surface area contributed by atoms with Crippen LogP contribution >= 0.6 is 0 Å². The Balaban J connectivity index is 2.08. The van der Waals surface area contributed by atoms with Crippen molar-refractivity contribution < 1.29 is 24.6 Å². The SMILES string of the molecule is O=C(O)C[C@H](NC(=O)c1cccn1C1CCC1)C(=O)O. The highest BCUT2D eigenvalue weighted by Crippen LogP contribution is 2.32. The molecule has 7 nitrogen and oxygen atoms in total. The van der Waals surface area contributed by atoms with Crippen LogP contribution < -0.4 is 5.32 Å². The molecule has 0 spiro atoms. The van der Waals surface area contributed by atoms with E-state index in [2.05, 4.69) is 5.32 Å². The summed E-state index contributed by atoms with van der Waals surface area (Å²) >= 11 is 0. The number of amides is 1. The average Bonchev–Trinajstić information content (AvgIpc) is 2.73. The Morgan fingerprint density at radius 3 is 2.55 bits per heavy atom. The van der Waals surface area contributed by atoms with Crippen LogP contribution in [0.4, 0.5) is 0 Å². The van der Waals surface area contributed by atoms with Crippen molar-refractivity contribution in [3.63, 3.8) is 0 Å². The monoisotopic (exact) mass is 280 g/mol. The summed E-state index contributed by atoms with van der Waals surface area (Å²) in [5.41, 5.74) is 0.367. The molecule has 1 aliphatic carbocycles. The normalized spacial score (nSPS) is 16.2. The maximum absolute atomic E-state index is 12.1. The topological polar surface area (TPSA) is 109 Å². The molecule has 1 aliphatic rings. The number of nitrogens with one attached hydrogen (secondary N) is 1. The number of hydrogen-bond acceptors (Lipinski definition) is 3. The largest absolute Gasteiger partial charge is 0.481 e. The van der Waals surface area contributed by atoms with Crippen LogP contribution in [0.3, 0.4) is 0 Å². The molecule has 3 N–H and O–H groups in total. The Hall–Kier alpha value is -2.31. The predicted octanol–water partition coefficient (Wildman–Crippen LogP) is 0.871. The van der Waals surface area contributed by atoms with Gasteiger partial charge in [0, 0.05) is 12.2 Å². The molecule has 1 aromatic heterocycles. The van der Waals surface area contributed by atoms with Gasteiger partial charge in [-0.15, -0.1) is 0 Å². The zero-order valence-corrected chi connectivity index (χ0v) is 10.8. The number of hydrogen-bond donors (Lipinski definition) is 3. The molecule has 1 atom stereocenters. The standard InChI is InChI=1S/C13H16N2O5/c16-11(17)7-9(13(19)20)14-12(18)10-5-2-6-15(10)8-3-1-4-8/h2,5-6,8-9H,1,3-4,7H2,(H,14,18)(H,16,17)(H,19,20)/t9-/m0/s1. The number of nitrogens with zero attached hydrogens (tertiary/aromatic N) is 1. The Labute approximate surface area is 115 Å². The quantitative estimate of drug-likeness (QED) is 0.716. The number of aromatic nitrogens is 1. The minimum absolute atomic E-state index is 0.272. The molecule has 20 heavy (non-hydrogen) atoms. The van der Waals surface area contributed by atoms with E-state index in [1.807, 2.05) is 4.57 Å². The molecule has 0 aromatic carbocycles. The van der Waals surface area contributed by atoms with Gasteiger partial charge in [0.05, 0.1) is 6.42 Å². The van der Waals surface area contributed by atoms with Gasteiger partial charge in [0.25, 0.3) is 5.91 Å². The lowest BCUT2D eigenvalue weighted by molar-refractivity contribution is -0.145. The fourth-order valence-electron chi connectivity index (χ4n) is 2.18. The summed E-state index contributed by atoms with van der Waals surface area (Å²) in [4.78, 5) is 33.6. The van der Waals surface area contributed by atoms with Crippen LogP contribution in [0, 0.1) is 0 Å². The molecule has 1 fully saturated rings. The first kappa shape index (κ1) is 14.1. The predicted molar refractivity (Wildman–Crippen MR) is 68.5 cm³/mol. The number of rotatable bonds is 6. The second kappa shape index (κ2) is 5.77. The lowest BCUT2D eigenvalue weighted by Crippen LogP contribution is -2.43. The molecule has 1 saturated carbocycles. The second-order valence-electron chi connectivity index (χ2n) is 4.85. The molecular weight excluding hydrogens is 264 g/mol. The summed E-state index contributed by atoms with van der Waals surface area (Å²) in [5.74, 6) is -3.19. The molecule has 0 bridgehead atoms. The summed E-state index contributed by atoms with van der Waals surface area (Å²) in [5, 5.41) is 19.8. The van der Waals surface area contributed by atoms with Gasteiger partial charge in [0.2, 0.25) is 0 Å². The Morgan fingerprint density at radius 1 is 1.35 bits per heavy atom. The highest BCUT2D eigenvalue weighted by atomic mass is 16.4. The highest BCUT2D eigenvalue weighted by molar-refractivity contribution is 5.96. The molecule has 1 heterocycles. The zero-order valence-electron chi connectivity index (χ0n) is 10.8. The molecule has 0 radical (unpaired) electrons. The van der Waals surface area contributed by atoms with Gasteiger partial charge in [-0.25, -0.2) is 4.79 Å². The van der Waals surface area contributed by atoms with Crippen LogP contribution in [-0.4, -0.2) is 38.7 Å². The number of carboxylic acids is 2. The van der Waals surface area contributed by atoms with Gasteiger partial charge in [-0.3, -0.25) is 9.59 Å². The third-order valence-corrected chi connectivity index (χ3v) is 3.46. The maximum Gasteiger partial charge on any atom is 0.326 e. The van der Waals surface area contributed by atoms with Crippen LogP contribution in [0.25, 0.3) is 0 Å².